The van der Waals surface area contributed by atoms with Gasteiger partial charge in [-0.15, -0.1) is 0 Å². The second-order valence-corrected chi connectivity index (χ2v) is 6.43. The number of nitrogens with zero attached hydrogens (tertiary/aromatic N) is 3. The first-order chi connectivity index (χ1) is 12.5. The SMILES string of the molecule is CC1=NN(C(=O)COc2ccc(Cl)cc2Cl)/C(=N/Nc2ccccc2)C1. The summed E-state index contributed by atoms with van der Waals surface area (Å²) in [5.41, 5.74) is 4.53. The molecule has 134 valence electrons. The van der Waals surface area contributed by atoms with Crippen LogP contribution in [0, 0.1) is 0 Å². The van der Waals surface area contributed by atoms with Crippen molar-refractivity contribution in [3.05, 3.63) is 58.6 Å². The number of ether oxygens (including phenoxy) is 1. The molecule has 0 bridgehead atoms. The van der Waals surface area contributed by atoms with Crippen molar-refractivity contribution in [1.82, 2.24) is 5.01 Å². The van der Waals surface area contributed by atoms with Gasteiger partial charge in [0.15, 0.2) is 12.4 Å². The Morgan fingerprint density at radius 1 is 1.27 bits per heavy atom. The minimum Gasteiger partial charge on any atom is -0.482 e. The van der Waals surface area contributed by atoms with E-state index in [1.807, 2.05) is 37.3 Å². The van der Waals surface area contributed by atoms with Gasteiger partial charge in [-0.3, -0.25) is 10.2 Å². The molecule has 8 heteroatoms. The molecule has 2 aromatic rings. The van der Waals surface area contributed by atoms with Crippen molar-refractivity contribution in [2.45, 2.75) is 13.3 Å². The Morgan fingerprint density at radius 3 is 2.77 bits per heavy atom. The normalized spacial score (nSPS) is 15.1. The number of amidine groups is 1. The fourth-order valence-corrected chi connectivity index (χ4v) is 2.75. The largest absolute Gasteiger partial charge is 0.482 e. The Balaban J connectivity index is 1.66. The number of hydrogen-bond acceptors (Lipinski definition) is 5. The van der Waals surface area contributed by atoms with Crippen molar-refractivity contribution in [3.8, 4) is 5.75 Å². The van der Waals surface area contributed by atoms with Gasteiger partial charge in [0.25, 0.3) is 5.91 Å². The van der Waals surface area contributed by atoms with Crippen molar-refractivity contribution < 1.29 is 9.53 Å². The minimum atomic E-state index is -0.346. The van der Waals surface area contributed by atoms with Gasteiger partial charge in [-0.05, 0) is 37.3 Å². The standard InChI is InChI=1S/C18H16Cl2N4O2/c1-12-9-17(22-21-14-5-3-2-4-6-14)24(23-12)18(25)11-26-16-8-7-13(19)10-15(16)20/h2-8,10,21H,9,11H2,1H3/b22-17+. The first-order valence-electron chi connectivity index (χ1n) is 7.85. The summed E-state index contributed by atoms with van der Waals surface area (Å²) in [5, 5.41) is 10.6. The van der Waals surface area contributed by atoms with Gasteiger partial charge in [-0.25, -0.2) is 0 Å². The molecule has 6 nitrogen and oxygen atoms in total. The number of benzene rings is 2. The monoisotopic (exact) mass is 390 g/mol. The van der Waals surface area contributed by atoms with E-state index in [4.69, 9.17) is 27.9 Å². The fraction of sp³-hybridized carbons (Fsp3) is 0.167. The van der Waals surface area contributed by atoms with Gasteiger partial charge < -0.3 is 4.74 Å². The molecule has 0 unspecified atom stereocenters. The van der Waals surface area contributed by atoms with Crippen molar-refractivity contribution in [2.24, 2.45) is 10.2 Å². The van der Waals surface area contributed by atoms with E-state index < -0.39 is 0 Å². The summed E-state index contributed by atoms with van der Waals surface area (Å²) in [5.74, 6) is 0.536. The quantitative estimate of drug-likeness (QED) is 0.768. The van der Waals surface area contributed by atoms with Crippen molar-refractivity contribution in [1.29, 1.82) is 0 Å². The molecule has 2 aromatic carbocycles. The predicted octanol–water partition coefficient (Wildman–Crippen LogP) is 4.41. The number of anilines is 1. The first kappa shape index (κ1) is 18.2. The summed E-state index contributed by atoms with van der Waals surface area (Å²) in [6, 6.07) is 14.3. The highest BCUT2D eigenvalue weighted by Crippen LogP contribution is 2.27. The lowest BCUT2D eigenvalue weighted by Crippen LogP contribution is -2.33. The van der Waals surface area contributed by atoms with Gasteiger partial charge in [-0.2, -0.15) is 15.2 Å². The van der Waals surface area contributed by atoms with Crippen molar-refractivity contribution in [3.63, 3.8) is 0 Å². The molecular formula is C18H16Cl2N4O2. The molecule has 1 aliphatic heterocycles. The van der Waals surface area contributed by atoms with Crippen LogP contribution in [0.15, 0.2) is 58.7 Å². The molecular weight excluding hydrogens is 375 g/mol. The van der Waals surface area contributed by atoms with E-state index in [0.717, 1.165) is 11.4 Å². The fourth-order valence-electron chi connectivity index (χ4n) is 2.29. The lowest BCUT2D eigenvalue weighted by Gasteiger charge is -2.14. The highest BCUT2D eigenvalue weighted by atomic mass is 35.5. The van der Waals surface area contributed by atoms with Gasteiger partial charge in [0.2, 0.25) is 0 Å². The predicted molar refractivity (Wildman–Crippen MR) is 104 cm³/mol. The second-order valence-electron chi connectivity index (χ2n) is 5.59. The van der Waals surface area contributed by atoms with Crippen LogP contribution >= 0.6 is 23.2 Å². The molecule has 0 radical (unpaired) electrons. The van der Waals surface area contributed by atoms with E-state index >= 15 is 0 Å². The first-order valence-corrected chi connectivity index (χ1v) is 8.61. The number of amides is 1. The number of para-hydroxylation sites is 1. The number of carbonyl (C=O) groups is 1. The Morgan fingerprint density at radius 2 is 2.04 bits per heavy atom. The van der Waals surface area contributed by atoms with E-state index in [1.54, 1.807) is 18.2 Å². The Labute approximate surface area is 161 Å². The third-order valence-electron chi connectivity index (χ3n) is 3.50. The molecule has 0 saturated carbocycles. The third kappa shape index (κ3) is 4.53. The molecule has 0 aliphatic carbocycles. The van der Waals surface area contributed by atoms with Crippen LogP contribution in [0.25, 0.3) is 0 Å². The van der Waals surface area contributed by atoms with Crippen LogP contribution in [0.5, 0.6) is 5.75 Å². The molecule has 0 fully saturated rings. The van der Waals surface area contributed by atoms with Crippen LogP contribution in [0.4, 0.5) is 5.69 Å². The van der Waals surface area contributed by atoms with E-state index in [-0.39, 0.29) is 12.5 Å². The number of carbonyl (C=O) groups excluding carboxylic acids is 1. The zero-order valence-electron chi connectivity index (χ0n) is 13.9. The molecule has 1 N–H and O–H groups in total. The number of nitrogens with one attached hydrogen (secondary N) is 1. The van der Waals surface area contributed by atoms with Crippen LogP contribution in [0.2, 0.25) is 10.0 Å². The van der Waals surface area contributed by atoms with Gasteiger partial charge >= 0.3 is 0 Å². The number of hydrogen-bond donors (Lipinski definition) is 1. The summed E-state index contributed by atoms with van der Waals surface area (Å²) >= 11 is 11.9. The lowest BCUT2D eigenvalue weighted by molar-refractivity contribution is -0.129. The highest BCUT2D eigenvalue weighted by Gasteiger charge is 2.26. The van der Waals surface area contributed by atoms with Gasteiger partial charge in [0.05, 0.1) is 10.7 Å². The number of rotatable bonds is 5. The van der Waals surface area contributed by atoms with E-state index in [1.165, 1.54) is 5.01 Å². The zero-order chi connectivity index (χ0) is 18.5. The molecule has 0 aromatic heterocycles. The molecule has 1 heterocycles. The van der Waals surface area contributed by atoms with E-state index in [0.29, 0.717) is 28.1 Å². The summed E-state index contributed by atoms with van der Waals surface area (Å²) < 4.78 is 5.49. The third-order valence-corrected chi connectivity index (χ3v) is 4.03. The Hall–Kier alpha value is -2.57. The zero-order valence-corrected chi connectivity index (χ0v) is 15.5. The highest BCUT2D eigenvalue weighted by molar-refractivity contribution is 6.35. The van der Waals surface area contributed by atoms with Crippen LogP contribution in [0.1, 0.15) is 13.3 Å². The van der Waals surface area contributed by atoms with Crippen LogP contribution < -0.4 is 10.2 Å². The van der Waals surface area contributed by atoms with Gasteiger partial charge in [-0.1, -0.05) is 41.4 Å². The average molecular weight is 391 g/mol. The topological polar surface area (TPSA) is 66.3 Å². The Kier molecular flexibility index (Phi) is 5.75. The average Bonchev–Trinajstić information content (AvgIpc) is 3.01. The molecule has 3 rings (SSSR count). The van der Waals surface area contributed by atoms with Crippen LogP contribution in [-0.4, -0.2) is 29.1 Å². The number of hydrazone groups is 2. The number of halogens is 2. The maximum Gasteiger partial charge on any atom is 0.286 e. The van der Waals surface area contributed by atoms with E-state index in [9.17, 15) is 4.79 Å². The van der Waals surface area contributed by atoms with Crippen LogP contribution in [-0.2, 0) is 4.79 Å². The molecule has 1 amide bonds. The summed E-state index contributed by atoms with van der Waals surface area (Å²) in [6.07, 6.45) is 0.479. The summed E-state index contributed by atoms with van der Waals surface area (Å²) in [4.78, 5) is 12.5. The maximum absolute atomic E-state index is 12.5. The van der Waals surface area contributed by atoms with Crippen molar-refractivity contribution >= 4 is 46.3 Å². The van der Waals surface area contributed by atoms with Gasteiger partial charge in [0.1, 0.15) is 5.75 Å². The molecule has 0 atom stereocenters. The summed E-state index contributed by atoms with van der Waals surface area (Å²) in [7, 11) is 0. The van der Waals surface area contributed by atoms with Crippen molar-refractivity contribution in [2.75, 3.05) is 12.0 Å². The molecule has 0 spiro atoms. The lowest BCUT2D eigenvalue weighted by atomic mass is 10.3. The maximum atomic E-state index is 12.5. The van der Waals surface area contributed by atoms with Crippen LogP contribution in [0.3, 0.4) is 0 Å². The second kappa shape index (κ2) is 8.21. The Bertz CT molecular complexity index is 869. The molecule has 0 saturated heterocycles. The molecule has 26 heavy (non-hydrogen) atoms. The smallest absolute Gasteiger partial charge is 0.286 e. The van der Waals surface area contributed by atoms with E-state index in [2.05, 4.69) is 15.6 Å². The molecule has 1 aliphatic rings. The minimum absolute atomic E-state index is 0.220. The van der Waals surface area contributed by atoms with Gasteiger partial charge in [0, 0.05) is 17.2 Å². The summed E-state index contributed by atoms with van der Waals surface area (Å²) in [6.45, 7) is 1.62.